The fourth-order valence-electron chi connectivity index (χ4n) is 5.38. The minimum atomic E-state index is -0.163. The van der Waals surface area contributed by atoms with Crippen LogP contribution in [-0.2, 0) is 4.79 Å². The normalized spacial score (nSPS) is 18.2. The van der Waals surface area contributed by atoms with E-state index in [9.17, 15) is 9.59 Å². The molecule has 1 aromatic heterocycles. The second-order valence-electron chi connectivity index (χ2n) is 9.91. The molecule has 7 heteroatoms. The number of hydrogen-bond acceptors (Lipinski definition) is 4. The van der Waals surface area contributed by atoms with E-state index < -0.39 is 0 Å². The number of nitrogens with one attached hydrogen (secondary N) is 1. The number of carbonyl (C=O) groups is 2. The van der Waals surface area contributed by atoms with Gasteiger partial charge in [0.15, 0.2) is 0 Å². The van der Waals surface area contributed by atoms with Gasteiger partial charge >= 0.3 is 0 Å². The molecule has 3 aromatic rings. The van der Waals surface area contributed by atoms with Gasteiger partial charge in [-0.2, -0.15) is 0 Å². The molecule has 5 rings (SSSR count). The second-order valence-corrected chi connectivity index (χ2v) is 9.91. The van der Waals surface area contributed by atoms with Crippen LogP contribution in [-0.4, -0.2) is 90.4 Å². The van der Waals surface area contributed by atoms with Crippen molar-refractivity contribution >= 4 is 28.4 Å². The molecule has 2 saturated heterocycles. The van der Waals surface area contributed by atoms with Crippen LogP contribution in [0, 0.1) is 6.92 Å². The topological polar surface area (TPSA) is 62.9 Å². The first-order valence-electron chi connectivity index (χ1n) is 12.6. The summed E-state index contributed by atoms with van der Waals surface area (Å²) < 4.78 is 0. The third-order valence-electron chi connectivity index (χ3n) is 7.61. The Morgan fingerprint density at radius 3 is 2.40 bits per heavy atom. The molecule has 0 saturated carbocycles. The molecule has 0 atom stereocenters. The number of likely N-dealkylation sites (tertiary alicyclic amines) is 1. The Labute approximate surface area is 207 Å². The van der Waals surface area contributed by atoms with Crippen molar-refractivity contribution in [2.75, 3.05) is 57.8 Å². The van der Waals surface area contributed by atoms with Crippen molar-refractivity contribution in [1.82, 2.24) is 19.7 Å². The average molecular weight is 474 g/mol. The average Bonchev–Trinajstić information content (AvgIpc) is 3.27. The van der Waals surface area contributed by atoms with Crippen LogP contribution in [0.1, 0.15) is 28.8 Å². The van der Waals surface area contributed by atoms with Crippen molar-refractivity contribution in [2.45, 2.75) is 25.8 Å². The number of aromatic amines is 1. The standard InChI is InChI=1S/C28H35N5O2/c1-21-19-29-26-18-22(8-9-25(21)26)28(35)33(24-6-4-3-5-7-24)20-27(34)32-16-14-31(15-17-32)23-10-12-30(2)13-11-23/h3-9,18-19,23,29H,10-17,20H2,1-2H3. The summed E-state index contributed by atoms with van der Waals surface area (Å²) in [5.74, 6) is -0.161. The molecule has 0 unspecified atom stereocenters. The lowest BCUT2D eigenvalue weighted by Gasteiger charge is -2.42. The number of para-hydroxylation sites is 1. The van der Waals surface area contributed by atoms with Crippen molar-refractivity contribution in [3.05, 3.63) is 65.9 Å². The summed E-state index contributed by atoms with van der Waals surface area (Å²) in [5, 5.41) is 1.10. The molecule has 0 radical (unpaired) electrons. The zero-order valence-electron chi connectivity index (χ0n) is 20.7. The molecule has 2 aliphatic rings. The highest BCUT2D eigenvalue weighted by Crippen LogP contribution is 2.23. The quantitative estimate of drug-likeness (QED) is 0.617. The molecule has 184 valence electrons. The number of piperazine rings is 1. The number of anilines is 1. The van der Waals surface area contributed by atoms with Crippen molar-refractivity contribution in [3.63, 3.8) is 0 Å². The number of piperidine rings is 1. The molecular weight excluding hydrogens is 438 g/mol. The maximum Gasteiger partial charge on any atom is 0.258 e. The first-order valence-corrected chi connectivity index (χ1v) is 12.6. The minimum Gasteiger partial charge on any atom is -0.361 e. The van der Waals surface area contributed by atoms with Gasteiger partial charge in [-0.1, -0.05) is 24.3 Å². The van der Waals surface area contributed by atoms with Crippen molar-refractivity contribution in [2.24, 2.45) is 0 Å². The Balaban J connectivity index is 1.28. The highest BCUT2D eigenvalue weighted by molar-refractivity contribution is 6.10. The Bertz CT molecular complexity index is 1170. The van der Waals surface area contributed by atoms with Crippen LogP contribution in [0.5, 0.6) is 0 Å². The molecule has 0 aliphatic carbocycles. The van der Waals surface area contributed by atoms with Crippen LogP contribution >= 0.6 is 0 Å². The number of aromatic nitrogens is 1. The molecule has 3 heterocycles. The van der Waals surface area contributed by atoms with Gasteiger partial charge in [0.1, 0.15) is 6.54 Å². The monoisotopic (exact) mass is 473 g/mol. The van der Waals surface area contributed by atoms with E-state index in [4.69, 9.17) is 0 Å². The fraction of sp³-hybridized carbons (Fsp3) is 0.429. The van der Waals surface area contributed by atoms with Gasteiger partial charge in [-0.15, -0.1) is 0 Å². The van der Waals surface area contributed by atoms with Crippen LogP contribution in [0.2, 0.25) is 0 Å². The van der Waals surface area contributed by atoms with Crippen LogP contribution in [0.4, 0.5) is 5.69 Å². The Hall–Kier alpha value is -3.16. The number of rotatable bonds is 5. The van der Waals surface area contributed by atoms with E-state index in [1.165, 1.54) is 12.8 Å². The summed E-state index contributed by atoms with van der Waals surface area (Å²) in [7, 11) is 2.18. The van der Waals surface area contributed by atoms with Crippen LogP contribution < -0.4 is 4.90 Å². The van der Waals surface area contributed by atoms with Gasteiger partial charge in [-0.05, 0) is 69.7 Å². The number of fused-ring (bicyclic) bond motifs is 1. The van der Waals surface area contributed by atoms with Crippen molar-refractivity contribution < 1.29 is 9.59 Å². The molecule has 0 bridgehead atoms. The Morgan fingerprint density at radius 2 is 1.69 bits per heavy atom. The van der Waals surface area contributed by atoms with Gasteiger partial charge in [0, 0.05) is 60.6 Å². The molecular formula is C28H35N5O2. The van der Waals surface area contributed by atoms with Gasteiger partial charge in [0.25, 0.3) is 5.91 Å². The number of benzene rings is 2. The predicted molar refractivity (Wildman–Crippen MR) is 140 cm³/mol. The summed E-state index contributed by atoms with van der Waals surface area (Å²) in [4.78, 5) is 38.7. The minimum absolute atomic E-state index is 0.00188. The number of H-pyrrole nitrogens is 1. The molecule has 2 fully saturated rings. The van der Waals surface area contributed by atoms with E-state index in [0.717, 1.165) is 61.4 Å². The van der Waals surface area contributed by atoms with Gasteiger partial charge in [0.2, 0.25) is 5.91 Å². The molecule has 7 nitrogen and oxygen atoms in total. The van der Waals surface area contributed by atoms with E-state index in [2.05, 4.69) is 21.8 Å². The van der Waals surface area contributed by atoms with Crippen LogP contribution in [0.15, 0.2) is 54.7 Å². The van der Waals surface area contributed by atoms with Crippen LogP contribution in [0.3, 0.4) is 0 Å². The first-order chi connectivity index (χ1) is 17.0. The zero-order valence-corrected chi connectivity index (χ0v) is 20.7. The largest absolute Gasteiger partial charge is 0.361 e. The van der Waals surface area contributed by atoms with Crippen LogP contribution in [0.25, 0.3) is 10.9 Å². The maximum atomic E-state index is 13.6. The molecule has 35 heavy (non-hydrogen) atoms. The van der Waals surface area contributed by atoms with E-state index in [-0.39, 0.29) is 18.4 Å². The van der Waals surface area contributed by atoms with Crippen molar-refractivity contribution in [1.29, 1.82) is 0 Å². The van der Waals surface area contributed by atoms with Gasteiger partial charge < -0.3 is 14.8 Å². The predicted octanol–water partition coefficient (Wildman–Crippen LogP) is 3.36. The lowest BCUT2D eigenvalue weighted by atomic mass is 10.0. The van der Waals surface area contributed by atoms with Gasteiger partial charge in [-0.3, -0.25) is 19.4 Å². The summed E-state index contributed by atoms with van der Waals surface area (Å²) in [5.41, 5.74) is 3.38. The maximum absolute atomic E-state index is 13.6. The Morgan fingerprint density at radius 1 is 0.971 bits per heavy atom. The SMILES string of the molecule is Cc1c[nH]c2cc(C(=O)N(CC(=O)N3CCN(C4CCN(C)CC4)CC3)c3ccccc3)ccc12. The zero-order chi connectivity index (χ0) is 24.4. The second kappa shape index (κ2) is 10.2. The van der Waals surface area contributed by atoms with Crippen molar-refractivity contribution in [3.8, 4) is 0 Å². The number of aryl methyl sites for hydroxylation is 1. The van der Waals surface area contributed by atoms with Gasteiger partial charge in [0.05, 0.1) is 0 Å². The highest BCUT2D eigenvalue weighted by atomic mass is 16.2. The third-order valence-corrected chi connectivity index (χ3v) is 7.61. The van der Waals surface area contributed by atoms with E-state index >= 15 is 0 Å². The summed E-state index contributed by atoms with van der Waals surface area (Å²) >= 11 is 0. The van der Waals surface area contributed by atoms with E-state index in [1.54, 1.807) is 4.90 Å². The number of amides is 2. The summed E-state index contributed by atoms with van der Waals surface area (Å²) in [6, 6.07) is 15.8. The smallest absolute Gasteiger partial charge is 0.258 e. The lowest BCUT2D eigenvalue weighted by Crippen LogP contribution is -2.55. The van der Waals surface area contributed by atoms with Gasteiger partial charge in [-0.25, -0.2) is 0 Å². The first kappa shape index (κ1) is 23.6. The lowest BCUT2D eigenvalue weighted by molar-refractivity contribution is -0.131. The molecule has 2 amide bonds. The summed E-state index contributed by atoms with van der Waals surface area (Å²) in [6.07, 6.45) is 4.35. The highest BCUT2D eigenvalue weighted by Gasteiger charge is 2.30. The number of carbonyl (C=O) groups excluding carboxylic acids is 2. The fourth-order valence-corrected chi connectivity index (χ4v) is 5.38. The number of nitrogens with zero attached hydrogens (tertiary/aromatic N) is 4. The van der Waals surface area contributed by atoms with E-state index in [1.807, 2.05) is 66.6 Å². The summed E-state index contributed by atoms with van der Waals surface area (Å²) in [6.45, 7) is 7.62. The Kier molecular flexibility index (Phi) is 6.88. The molecule has 1 N–H and O–H groups in total. The molecule has 2 aromatic carbocycles. The third kappa shape index (κ3) is 5.11. The molecule has 0 spiro atoms. The number of hydrogen-bond donors (Lipinski definition) is 1. The molecule has 2 aliphatic heterocycles. The van der Waals surface area contributed by atoms with E-state index in [0.29, 0.717) is 11.6 Å².